The fourth-order valence-electron chi connectivity index (χ4n) is 2.18. The van der Waals surface area contributed by atoms with Gasteiger partial charge in [0.2, 0.25) is 6.33 Å². The van der Waals surface area contributed by atoms with E-state index in [1.807, 2.05) is 39.8 Å². The van der Waals surface area contributed by atoms with Crippen LogP contribution in [0.3, 0.4) is 0 Å². The van der Waals surface area contributed by atoms with Crippen LogP contribution in [-0.4, -0.2) is 9.78 Å². The number of fused-ring (bicyclic) bond motifs is 1. The Hall–Kier alpha value is -2.15. The van der Waals surface area contributed by atoms with Crippen LogP contribution in [0.1, 0.15) is 25.3 Å². The Morgan fingerprint density at radius 1 is 0.920 bits per heavy atom. The first-order valence-corrected chi connectivity index (χ1v) is 9.25. The Morgan fingerprint density at radius 2 is 1.48 bits per heavy atom. The first-order chi connectivity index (χ1) is 11.2. The van der Waals surface area contributed by atoms with Crippen LogP contribution in [0, 0.1) is 0 Å². The number of pyridine rings is 1. The molecule has 10 heteroatoms. The third kappa shape index (κ3) is 6.70. The summed E-state index contributed by atoms with van der Waals surface area (Å²) in [5, 5.41) is 4.61. The van der Waals surface area contributed by atoms with Crippen molar-refractivity contribution in [3.8, 4) is 5.69 Å². The van der Waals surface area contributed by atoms with E-state index in [9.17, 15) is 25.2 Å². The summed E-state index contributed by atoms with van der Waals surface area (Å²) in [7, 11) is -10.7. The molecule has 0 fully saturated rings. The minimum atomic E-state index is -10.7. The summed E-state index contributed by atoms with van der Waals surface area (Å²) in [6.07, 6.45) is 4.02. The van der Waals surface area contributed by atoms with Crippen LogP contribution >= 0.6 is 7.81 Å². The van der Waals surface area contributed by atoms with Gasteiger partial charge in [-0.05, 0) is 23.6 Å². The summed E-state index contributed by atoms with van der Waals surface area (Å²) in [4.78, 5) is 0. The average Bonchev–Trinajstić information content (AvgIpc) is 2.87. The second kappa shape index (κ2) is 5.69. The quantitative estimate of drug-likeness (QED) is 0.297. The van der Waals surface area contributed by atoms with Gasteiger partial charge in [0.1, 0.15) is 5.69 Å². The molecule has 0 saturated heterocycles. The predicted octanol–water partition coefficient (Wildman–Crippen LogP) is 6.12. The van der Waals surface area contributed by atoms with E-state index in [2.05, 4.69) is 43.2 Å². The standard InChI is InChI=1S/C15H16N3.F6P/c1-12(2)13-7-3-4-8-14(13)18-11-17-10-6-5-9-15(17)16-18;1-7(2,3,4,5)6/h3-12H,1-2H3;/q+1;-1. The SMILES string of the molecule is CC(C)c1ccccc1-n1c[n+]2ccccc2n1.F[P-](F)(F)(F)(F)F. The molecule has 3 aromatic rings. The van der Waals surface area contributed by atoms with Crippen LogP contribution in [0.4, 0.5) is 25.2 Å². The zero-order valence-electron chi connectivity index (χ0n) is 13.3. The van der Waals surface area contributed by atoms with Crippen LogP contribution in [0.25, 0.3) is 11.3 Å². The van der Waals surface area contributed by atoms with E-state index < -0.39 is 7.81 Å². The molecule has 0 unspecified atom stereocenters. The third-order valence-electron chi connectivity index (χ3n) is 3.12. The van der Waals surface area contributed by atoms with Gasteiger partial charge in [0.15, 0.2) is 0 Å². The molecule has 2 aromatic heterocycles. The number of hydrogen-bond donors (Lipinski definition) is 0. The maximum atomic E-state index is 9.87. The van der Waals surface area contributed by atoms with Crippen LogP contribution in [0.15, 0.2) is 55.0 Å². The van der Waals surface area contributed by atoms with Gasteiger partial charge in [-0.2, -0.15) is 0 Å². The first-order valence-electron chi connectivity index (χ1n) is 7.22. The van der Waals surface area contributed by atoms with E-state index in [0.717, 1.165) is 11.3 Å². The molecule has 0 atom stereocenters. The van der Waals surface area contributed by atoms with Crippen molar-refractivity contribution in [2.24, 2.45) is 0 Å². The van der Waals surface area contributed by atoms with Crippen LogP contribution < -0.4 is 4.40 Å². The van der Waals surface area contributed by atoms with Crippen molar-refractivity contribution in [3.05, 3.63) is 60.6 Å². The van der Waals surface area contributed by atoms with Gasteiger partial charge in [-0.3, -0.25) is 0 Å². The number of benzene rings is 1. The number of aromatic nitrogens is 3. The van der Waals surface area contributed by atoms with Gasteiger partial charge in [0.25, 0.3) is 0 Å². The summed E-state index contributed by atoms with van der Waals surface area (Å²) in [6.45, 7) is 4.41. The maximum absolute atomic E-state index is 10.7. The number of hydrogen-bond acceptors (Lipinski definition) is 1. The monoisotopic (exact) mass is 383 g/mol. The number of rotatable bonds is 2. The molecule has 25 heavy (non-hydrogen) atoms. The Bertz CT molecular complexity index is 843. The summed E-state index contributed by atoms with van der Waals surface area (Å²) in [5.41, 5.74) is 3.41. The molecule has 1 aromatic carbocycles. The summed E-state index contributed by atoms with van der Waals surface area (Å²) >= 11 is 0. The Morgan fingerprint density at radius 3 is 2.04 bits per heavy atom. The second-order valence-electron chi connectivity index (χ2n) is 5.70. The van der Waals surface area contributed by atoms with Crippen molar-refractivity contribution in [1.29, 1.82) is 0 Å². The molecule has 0 N–H and O–H groups in total. The van der Waals surface area contributed by atoms with Gasteiger partial charge in [0, 0.05) is 6.07 Å². The van der Waals surface area contributed by atoms with Crippen LogP contribution in [-0.2, 0) is 0 Å². The molecule has 0 spiro atoms. The van der Waals surface area contributed by atoms with Crippen molar-refractivity contribution in [2.45, 2.75) is 19.8 Å². The van der Waals surface area contributed by atoms with E-state index in [1.165, 1.54) is 5.56 Å². The Balaban J connectivity index is 0.000000277. The molecule has 0 aliphatic rings. The predicted molar refractivity (Wildman–Crippen MR) is 84.4 cm³/mol. The number of para-hydroxylation sites is 1. The molecule has 3 nitrogen and oxygen atoms in total. The first kappa shape index (κ1) is 19.2. The molecule has 0 aliphatic heterocycles. The van der Waals surface area contributed by atoms with E-state index in [1.54, 1.807) is 0 Å². The molecule has 138 valence electrons. The zero-order valence-corrected chi connectivity index (χ0v) is 14.2. The summed E-state index contributed by atoms with van der Waals surface area (Å²) in [6, 6.07) is 14.4. The van der Waals surface area contributed by atoms with Gasteiger partial charge in [0.05, 0.1) is 11.3 Å². The third-order valence-corrected chi connectivity index (χ3v) is 3.12. The zero-order chi connectivity index (χ0) is 18.9. The molecule has 3 rings (SSSR count). The number of nitrogens with zero attached hydrogens (tertiary/aromatic N) is 3. The van der Waals surface area contributed by atoms with E-state index in [-0.39, 0.29) is 0 Å². The van der Waals surface area contributed by atoms with Crippen molar-refractivity contribution in [1.82, 2.24) is 9.78 Å². The topological polar surface area (TPSA) is 21.9 Å². The van der Waals surface area contributed by atoms with Gasteiger partial charge < -0.3 is 0 Å². The van der Waals surface area contributed by atoms with Crippen molar-refractivity contribution in [3.63, 3.8) is 0 Å². The van der Waals surface area contributed by atoms with Crippen LogP contribution in [0.5, 0.6) is 0 Å². The molecule has 0 aliphatic carbocycles. The van der Waals surface area contributed by atoms with Gasteiger partial charge in [-0.1, -0.05) is 42.8 Å². The summed E-state index contributed by atoms with van der Waals surface area (Å²) < 4.78 is 63.2. The van der Waals surface area contributed by atoms with E-state index in [4.69, 9.17) is 0 Å². The Labute approximate surface area is 139 Å². The molecular weight excluding hydrogens is 367 g/mol. The molecule has 0 saturated carbocycles. The molecule has 0 radical (unpaired) electrons. The van der Waals surface area contributed by atoms with E-state index >= 15 is 0 Å². The normalized spacial score (nSPS) is 14.6. The molecular formula is C15H16F6N3P. The van der Waals surface area contributed by atoms with Gasteiger partial charge >= 0.3 is 38.6 Å². The van der Waals surface area contributed by atoms with Gasteiger partial charge in [-0.15, -0.1) is 0 Å². The van der Waals surface area contributed by atoms with Crippen molar-refractivity contribution < 1.29 is 29.6 Å². The van der Waals surface area contributed by atoms with Crippen molar-refractivity contribution in [2.75, 3.05) is 0 Å². The fraction of sp³-hybridized carbons (Fsp3) is 0.200. The second-order valence-corrected chi connectivity index (χ2v) is 7.61. The minimum absolute atomic E-state index is 0.485. The Kier molecular flexibility index (Phi) is 4.37. The molecule has 2 heterocycles. The molecule has 0 amide bonds. The average molecular weight is 383 g/mol. The summed E-state index contributed by atoms with van der Waals surface area (Å²) in [5.74, 6) is 0.485. The van der Waals surface area contributed by atoms with Crippen molar-refractivity contribution >= 4 is 13.5 Å². The van der Waals surface area contributed by atoms with Gasteiger partial charge in [-0.25, -0.2) is 4.40 Å². The molecule has 0 bridgehead atoms. The van der Waals surface area contributed by atoms with Crippen LogP contribution in [0.2, 0.25) is 0 Å². The number of halogens is 6. The van der Waals surface area contributed by atoms with E-state index in [0.29, 0.717) is 5.92 Å². The fourth-order valence-corrected chi connectivity index (χ4v) is 2.18.